The highest BCUT2D eigenvalue weighted by Gasteiger charge is 2.55. The second kappa shape index (κ2) is 9.61. The summed E-state index contributed by atoms with van der Waals surface area (Å²) in [6.07, 6.45) is 0.439. The van der Waals surface area contributed by atoms with E-state index in [0.717, 1.165) is 4.47 Å². The Labute approximate surface area is 197 Å². The SMILES string of the molecule is CC(=O)/C=C(\C[C@H]1c2cc(Br)ccc2O[C@H](C(Cl)(Cl)Cl)[C@@H]1[N+](=O)[O-])N1CCOCC1. The van der Waals surface area contributed by atoms with Crippen molar-refractivity contribution in [3.05, 3.63) is 50.1 Å². The molecular formula is C19H20BrCl3N2O5. The first-order valence-corrected chi connectivity index (χ1v) is 11.2. The summed E-state index contributed by atoms with van der Waals surface area (Å²) >= 11 is 21.7. The molecule has 3 rings (SSSR count). The van der Waals surface area contributed by atoms with E-state index < -0.39 is 26.8 Å². The normalized spacial score (nSPS) is 24.8. The molecule has 30 heavy (non-hydrogen) atoms. The van der Waals surface area contributed by atoms with E-state index >= 15 is 0 Å². The molecule has 1 aromatic carbocycles. The fourth-order valence-electron chi connectivity index (χ4n) is 3.86. The number of allylic oxidation sites excluding steroid dienone is 2. The Morgan fingerprint density at radius 3 is 2.60 bits per heavy atom. The average Bonchev–Trinajstić information content (AvgIpc) is 2.66. The lowest BCUT2D eigenvalue weighted by molar-refractivity contribution is -0.538. The van der Waals surface area contributed by atoms with Crippen LogP contribution in [-0.4, -0.2) is 57.8 Å². The first-order chi connectivity index (χ1) is 14.1. The third-order valence-electron chi connectivity index (χ3n) is 5.13. The van der Waals surface area contributed by atoms with Gasteiger partial charge in [-0.2, -0.15) is 0 Å². The molecule has 2 aliphatic heterocycles. The van der Waals surface area contributed by atoms with Crippen molar-refractivity contribution in [2.24, 2.45) is 0 Å². The maximum atomic E-state index is 12.1. The van der Waals surface area contributed by atoms with Crippen LogP contribution in [-0.2, 0) is 9.53 Å². The van der Waals surface area contributed by atoms with Gasteiger partial charge in [0, 0.05) is 40.2 Å². The predicted octanol–water partition coefficient (Wildman–Crippen LogP) is 4.50. The number of alkyl halides is 3. The Morgan fingerprint density at radius 1 is 1.37 bits per heavy atom. The van der Waals surface area contributed by atoms with Gasteiger partial charge in [-0.25, -0.2) is 0 Å². The molecule has 1 aromatic rings. The number of hydrogen-bond donors (Lipinski definition) is 0. The number of benzene rings is 1. The molecule has 0 bridgehead atoms. The molecule has 2 aliphatic rings. The zero-order valence-electron chi connectivity index (χ0n) is 16.0. The van der Waals surface area contributed by atoms with Crippen molar-refractivity contribution >= 4 is 56.5 Å². The van der Waals surface area contributed by atoms with E-state index in [2.05, 4.69) is 15.9 Å². The van der Waals surface area contributed by atoms with Crippen molar-refractivity contribution in [3.8, 4) is 5.75 Å². The number of ketones is 1. The van der Waals surface area contributed by atoms with Crippen LogP contribution in [0.4, 0.5) is 0 Å². The number of ether oxygens (including phenoxy) is 2. The molecule has 164 valence electrons. The highest BCUT2D eigenvalue weighted by Crippen LogP contribution is 2.48. The van der Waals surface area contributed by atoms with E-state index in [1.54, 1.807) is 18.2 Å². The van der Waals surface area contributed by atoms with Crippen LogP contribution in [0.1, 0.15) is 24.8 Å². The van der Waals surface area contributed by atoms with Gasteiger partial charge in [0.15, 0.2) is 5.78 Å². The number of halogens is 4. The van der Waals surface area contributed by atoms with Crippen molar-refractivity contribution in [1.29, 1.82) is 0 Å². The summed E-state index contributed by atoms with van der Waals surface area (Å²) in [5.41, 5.74) is 1.32. The summed E-state index contributed by atoms with van der Waals surface area (Å²) in [4.78, 5) is 25.6. The second-order valence-corrected chi connectivity index (χ2v) is 10.5. The van der Waals surface area contributed by atoms with Gasteiger partial charge in [-0.3, -0.25) is 14.9 Å². The average molecular weight is 543 g/mol. The molecule has 0 spiro atoms. The minimum Gasteiger partial charge on any atom is -0.478 e. The first-order valence-electron chi connectivity index (χ1n) is 9.28. The van der Waals surface area contributed by atoms with Gasteiger partial charge in [0.05, 0.1) is 19.1 Å². The number of nitro groups is 1. The van der Waals surface area contributed by atoms with Crippen LogP contribution in [0.3, 0.4) is 0 Å². The molecule has 1 fully saturated rings. The van der Waals surface area contributed by atoms with Gasteiger partial charge < -0.3 is 14.4 Å². The molecular weight excluding hydrogens is 522 g/mol. The van der Waals surface area contributed by atoms with E-state index in [0.29, 0.717) is 43.3 Å². The largest absolute Gasteiger partial charge is 0.478 e. The molecule has 3 atom stereocenters. The molecule has 0 aliphatic carbocycles. The van der Waals surface area contributed by atoms with Gasteiger partial charge in [0.1, 0.15) is 5.75 Å². The molecule has 11 heteroatoms. The fraction of sp³-hybridized carbons (Fsp3) is 0.526. The van der Waals surface area contributed by atoms with Crippen molar-refractivity contribution in [1.82, 2.24) is 4.90 Å². The Morgan fingerprint density at radius 2 is 2.03 bits per heavy atom. The van der Waals surface area contributed by atoms with Crippen LogP contribution in [0.25, 0.3) is 0 Å². The van der Waals surface area contributed by atoms with Crippen LogP contribution in [0.2, 0.25) is 0 Å². The van der Waals surface area contributed by atoms with Crippen molar-refractivity contribution in [2.75, 3.05) is 26.3 Å². The van der Waals surface area contributed by atoms with E-state index in [1.807, 2.05) is 4.90 Å². The Balaban J connectivity index is 2.08. The standard InChI is InChI=1S/C19H20BrCl3N2O5/c1-11(26)8-13(24-4-6-29-7-5-24)10-15-14-9-12(20)2-3-16(14)30-18(19(21,22)23)17(15)25(27)28/h2-3,8-9,15,17-18H,4-7,10H2,1H3/b13-8+/t15-,17+,18-/m0/s1. The lowest BCUT2D eigenvalue weighted by Crippen LogP contribution is -2.52. The summed E-state index contributed by atoms with van der Waals surface area (Å²) in [7, 11) is 0. The van der Waals surface area contributed by atoms with Gasteiger partial charge in [-0.15, -0.1) is 0 Å². The molecule has 0 saturated carbocycles. The molecule has 1 saturated heterocycles. The van der Waals surface area contributed by atoms with E-state index in [1.165, 1.54) is 13.0 Å². The van der Waals surface area contributed by atoms with Crippen LogP contribution in [0.15, 0.2) is 34.4 Å². The van der Waals surface area contributed by atoms with Gasteiger partial charge in [0.2, 0.25) is 9.90 Å². The molecule has 7 nitrogen and oxygen atoms in total. The smallest absolute Gasteiger partial charge is 0.260 e. The van der Waals surface area contributed by atoms with Gasteiger partial charge in [-0.05, 0) is 31.2 Å². The molecule has 0 aromatic heterocycles. The predicted molar refractivity (Wildman–Crippen MR) is 118 cm³/mol. The third kappa shape index (κ3) is 5.40. The zero-order chi connectivity index (χ0) is 22.1. The van der Waals surface area contributed by atoms with Crippen LogP contribution in [0, 0.1) is 10.1 Å². The Hall–Kier alpha value is -1.06. The number of carbonyl (C=O) groups excluding carboxylic acids is 1. The number of nitrogens with zero attached hydrogens (tertiary/aromatic N) is 2. The molecule has 2 heterocycles. The maximum absolute atomic E-state index is 12.1. The van der Waals surface area contributed by atoms with E-state index in [4.69, 9.17) is 44.3 Å². The summed E-state index contributed by atoms with van der Waals surface area (Å²) in [5.74, 6) is -0.398. The quantitative estimate of drug-likeness (QED) is 0.236. The van der Waals surface area contributed by atoms with E-state index in [9.17, 15) is 14.9 Å². The number of fused-ring (bicyclic) bond motifs is 1. The number of rotatable bonds is 5. The minimum absolute atomic E-state index is 0.145. The molecule has 0 N–H and O–H groups in total. The van der Waals surface area contributed by atoms with Crippen molar-refractivity contribution < 1.29 is 19.2 Å². The lowest BCUT2D eigenvalue weighted by atomic mass is 9.82. The third-order valence-corrected chi connectivity index (χ3v) is 6.27. The number of carbonyl (C=O) groups is 1. The number of morpholine rings is 1. The Kier molecular flexibility index (Phi) is 7.56. The van der Waals surface area contributed by atoms with Crippen LogP contribution in [0.5, 0.6) is 5.75 Å². The van der Waals surface area contributed by atoms with Gasteiger partial charge in [-0.1, -0.05) is 50.7 Å². The van der Waals surface area contributed by atoms with Gasteiger partial charge in [0.25, 0.3) is 6.04 Å². The molecule has 0 radical (unpaired) electrons. The summed E-state index contributed by atoms with van der Waals surface area (Å²) in [6, 6.07) is 3.90. The minimum atomic E-state index is -2.01. The van der Waals surface area contributed by atoms with Crippen LogP contribution >= 0.6 is 50.7 Å². The Bertz CT molecular complexity index is 855. The number of hydrogen-bond acceptors (Lipinski definition) is 6. The fourth-order valence-corrected chi connectivity index (χ4v) is 4.76. The summed E-state index contributed by atoms with van der Waals surface area (Å²) < 4.78 is 9.92. The lowest BCUT2D eigenvalue weighted by Gasteiger charge is -2.39. The highest BCUT2D eigenvalue weighted by molar-refractivity contribution is 9.10. The first kappa shape index (κ1) is 23.6. The van der Waals surface area contributed by atoms with Crippen molar-refractivity contribution in [2.45, 2.75) is 35.2 Å². The summed E-state index contributed by atoms with van der Waals surface area (Å²) in [6.45, 7) is 3.65. The second-order valence-electron chi connectivity index (χ2n) is 7.19. The monoisotopic (exact) mass is 540 g/mol. The molecule has 0 amide bonds. The van der Waals surface area contributed by atoms with Crippen molar-refractivity contribution in [3.63, 3.8) is 0 Å². The topological polar surface area (TPSA) is 81.9 Å². The van der Waals surface area contributed by atoms with Gasteiger partial charge >= 0.3 is 0 Å². The zero-order valence-corrected chi connectivity index (χ0v) is 19.9. The van der Waals surface area contributed by atoms with E-state index in [-0.39, 0.29) is 12.2 Å². The summed E-state index contributed by atoms with van der Waals surface area (Å²) in [5, 5.41) is 12.1. The maximum Gasteiger partial charge on any atom is 0.260 e. The highest BCUT2D eigenvalue weighted by atomic mass is 79.9. The molecule has 0 unspecified atom stereocenters. The van der Waals surface area contributed by atoms with Crippen LogP contribution < -0.4 is 4.74 Å².